The maximum atomic E-state index is 13.3. The second kappa shape index (κ2) is 5.20. The van der Waals surface area contributed by atoms with Gasteiger partial charge in [-0.25, -0.2) is 9.18 Å². The first-order valence-electron chi connectivity index (χ1n) is 6.05. The third kappa shape index (κ3) is 2.65. The van der Waals surface area contributed by atoms with Crippen LogP contribution in [-0.4, -0.2) is 16.5 Å². The monoisotopic (exact) mass is 294 g/mol. The van der Waals surface area contributed by atoms with Crippen molar-refractivity contribution in [1.82, 2.24) is 0 Å². The number of hydrogen-bond acceptors (Lipinski definition) is 4. The molecule has 0 radical (unpaired) electrons. The largest absolute Gasteiger partial charge is 0.511 e. The minimum Gasteiger partial charge on any atom is -0.464 e. The van der Waals surface area contributed by atoms with Crippen molar-refractivity contribution in [2.75, 3.05) is 0 Å². The number of hydrogen-bond donors (Lipinski definition) is 1. The first kappa shape index (κ1) is 13.1. The number of thioether (sulfide) groups is 1. The summed E-state index contributed by atoms with van der Waals surface area (Å²) < 4.78 is 23.4. The summed E-state index contributed by atoms with van der Waals surface area (Å²) in [5.74, 6) is 0.586. The fraction of sp³-hybridized carbons (Fsp3) is 0.214. The smallest absolute Gasteiger partial charge is 0.464 e. The van der Waals surface area contributed by atoms with Gasteiger partial charge in [-0.15, -0.1) is 11.8 Å². The van der Waals surface area contributed by atoms with Gasteiger partial charge >= 0.3 is 6.16 Å². The standard InChI is InChI=1S/C14H11FO4S/c15-9-1-3-13-11(6-9)18-7-8-5-10(19-14(16)17)2-4-12(8)20-13/h2,4-7,12H,1,3H2,(H,16,17). The minimum absolute atomic E-state index is 0.0261. The van der Waals surface area contributed by atoms with E-state index in [9.17, 15) is 9.18 Å². The highest BCUT2D eigenvalue weighted by molar-refractivity contribution is 8.04. The Bertz CT molecular complexity index is 613. The summed E-state index contributed by atoms with van der Waals surface area (Å²) in [5.41, 5.74) is 0.789. The number of carbonyl (C=O) groups is 1. The van der Waals surface area contributed by atoms with Crippen molar-refractivity contribution < 1.29 is 23.8 Å². The van der Waals surface area contributed by atoms with Gasteiger partial charge in [-0.3, -0.25) is 0 Å². The quantitative estimate of drug-likeness (QED) is 0.740. The van der Waals surface area contributed by atoms with Crippen LogP contribution in [0.5, 0.6) is 0 Å². The van der Waals surface area contributed by atoms with Crippen molar-refractivity contribution in [3.63, 3.8) is 0 Å². The van der Waals surface area contributed by atoms with Crippen molar-refractivity contribution in [1.29, 1.82) is 0 Å². The molecular weight excluding hydrogens is 283 g/mol. The van der Waals surface area contributed by atoms with Crippen LogP contribution < -0.4 is 0 Å². The summed E-state index contributed by atoms with van der Waals surface area (Å²) in [6.07, 6.45) is 7.66. The van der Waals surface area contributed by atoms with Crippen molar-refractivity contribution in [2.45, 2.75) is 18.1 Å². The van der Waals surface area contributed by atoms with Gasteiger partial charge in [0.25, 0.3) is 0 Å². The van der Waals surface area contributed by atoms with E-state index in [1.54, 1.807) is 23.9 Å². The van der Waals surface area contributed by atoms with Gasteiger partial charge < -0.3 is 14.6 Å². The van der Waals surface area contributed by atoms with E-state index < -0.39 is 6.16 Å². The van der Waals surface area contributed by atoms with Crippen LogP contribution in [0.4, 0.5) is 9.18 Å². The van der Waals surface area contributed by atoms with Crippen LogP contribution in [0.3, 0.4) is 0 Å². The second-order valence-electron chi connectivity index (χ2n) is 4.43. The number of halogens is 1. The first-order valence-corrected chi connectivity index (χ1v) is 6.93. The summed E-state index contributed by atoms with van der Waals surface area (Å²) in [6.45, 7) is 0. The number of allylic oxidation sites excluding steroid dienone is 5. The van der Waals surface area contributed by atoms with Crippen LogP contribution in [0.25, 0.3) is 0 Å². The minimum atomic E-state index is -1.36. The Balaban J connectivity index is 1.85. The molecule has 0 amide bonds. The average Bonchev–Trinajstić information content (AvgIpc) is 2.57. The predicted molar refractivity (Wildman–Crippen MR) is 72.3 cm³/mol. The lowest BCUT2D eigenvalue weighted by molar-refractivity contribution is 0.121. The van der Waals surface area contributed by atoms with Crippen LogP contribution in [-0.2, 0) is 9.47 Å². The lowest BCUT2D eigenvalue weighted by Crippen LogP contribution is -2.09. The zero-order valence-electron chi connectivity index (χ0n) is 10.3. The SMILES string of the molecule is O=C(O)OC1=CC2=COC3=C(CCC(F)=C3)SC2C=C1. The molecule has 1 N–H and O–H groups in total. The summed E-state index contributed by atoms with van der Waals surface area (Å²) in [7, 11) is 0. The van der Waals surface area contributed by atoms with E-state index in [4.69, 9.17) is 9.84 Å². The Labute approximate surface area is 118 Å². The molecule has 104 valence electrons. The van der Waals surface area contributed by atoms with Gasteiger partial charge in [0.05, 0.1) is 11.5 Å². The van der Waals surface area contributed by atoms with Gasteiger partial charge in [-0.05, 0) is 18.6 Å². The lowest BCUT2D eigenvalue weighted by Gasteiger charge is -2.18. The van der Waals surface area contributed by atoms with E-state index in [0.29, 0.717) is 18.6 Å². The maximum Gasteiger partial charge on any atom is 0.511 e. The van der Waals surface area contributed by atoms with Crippen LogP contribution in [0, 0.1) is 0 Å². The molecule has 0 aromatic rings. The Morgan fingerprint density at radius 1 is 1.45 bits per heavy atom. The number of carboxylic acid groups (broad SMARTS) is 1. The molecule has 0 aromatic carbocycles. The summed E-state index contributed by atoms with van der Waals surface area (Å²) in [6, 6.07) is 0. The normalized spacial score (nSPS) is 24.4. The molecule has 3 aliphatic rings. The van der Waals surface area contributed by atoms with Crippen LogP contribution in [0.1, 0.15) is 12.8 Å². The Morgan fingerprint density at radius 2 is 2.30 bits per heavy atom. The highest BCUT2D eigenvalue weighted by atomic mass is 32.2. The first-order chi connectivity index (χ1) is 9.61. The molecule has 4 nitrogen and oxygen atoms in total. The molecule has 1 atom stereocenters. The molecule has 0 fully saturated rings. The number of ether oxygens (including phenoxy) is 2. The van der Waals surface area contributed by atoms with Gasteiger partial charge in [-0.1, -0.05) is 6.08 Å². The van der Waals surface area contributed by atoms with Crippen molar-refractivity contribution in [2.24, 2.45) is 0 Å². The summed E-state index contributed by atoms with van der Waals surface area (Å²) in [4.78, 5) is 11.5. The zero-order valence-corrected chi connectivity index (χ0v) is 11.2. The van der Waals surface area contributed by atoms with Gasteiger partial charge in [0.15, 0.2) is 0 Å². The van der Waals surface area contributed by atoms with E-state index >= 15 is 0 Å². The summed E-state index contributed by atoms with van der Waals surface area (Å²) in [5, 5.41) is 8.63. The van der Waals surface area contributed by atoms with E-state index in [2.05, 4.69) is 4.74 Å². The molecule has 6 heteroatoms. The highest BCUT2D eigenvalue weighted by Crippen LogP contribution is 2.42. The molecule has 0 spiro atoms. The molecule has 1 heterocycles. The van der Waals surface area contributed by atoms with Crippen molar-refractivity contribution in [3.8, 4) is 0 Å². The molecule has 0 saturated heterocycles. The molecular formula is C14H11FO4S. The predicted octanol–water partition coefficient (Wildman–Crippen LogP) is 4.01. The van der Waals surface area contributed by atoms with Gasteiger partial charge in [0.2, 0.25) is 0 Å². The average molecular weight is 294 g/mol. The molecule has 0 bridgehead atoms. The molecule has 0 saturated carbocycles. The Kier molecular flexibility index (Phi) is 3.40. The van der Waals surface area contributed by atoms with E-state index in [0.717, 1.165) is 10.5 Å². The second-order valence-corrected chi connectivity index (χ2v) is 5.66. The fourth-order valence-corrected chi connectivity index (χ4v) is 3.28. The third-order valence-electron chi connectivity index (χ3n) is 3.02. The zero-order chi connectivity index (χ0) is 14.1. The van der Waals surface area contributed by atoms with E-state index in [1.165, 1.54) is 12.3 Å². The maximum absolute atomic E-state index is 13.3. The topological polar surface area (TPSA) is 55.8 Å². The molecule has 2 aliphatic carbocycles. The third-order valence-corrected chi connectivity index (χ3v) is 4.40. The van der Waals surface area contributed by atoms with E-state index in [1.807, 2.05) is 6.08 Å². The van der Waals surface area contributed by atoms with E-state index in [-0.39, 0.29) is 16.8 Å². The highest BCUT2D eigenvalue weighted by Gasteiger charge is 2.25. The van der Waals surface area contributed by atoms with Crippen molar-refractivity contribution in [3.05, 3.63) is 58.4 Å². The van der Waals surface area contributed by atoms with Crippen LogP contribution >= 0.6 is 11.8 Å². The molecule has 1 aliphatic heterocycles. The molecule has 20 heavy (non-hydrogen) atoms. The van der Waals surface area contributed by atoms with Crippen LogP contribution in [0.2, 0.25) is 0 Å². The van der Waals surface area contributed by atoms with Gasteiger partial charge in [0, 0.05) is 23.0 Å². The molecule has 0 aromatic heterocycles. The number of fused-ring (bicyclic) bond motifs is 1. The summed E-state index contributed by atoms with van der Waals surface area (Å²) >= 11 is 1.58. The Morgan fingerprint density at radius 3 is 3.10 bits per heavy atom. The fourth-order valence-electron chi connectivity index (χ4n) is 2.11. The van der Waals surface area contributed by atoms with Crippen molar-refractivity contribution >= 4 is 17.9 Å². The van der Waals surface area contributed by atoms with Gasteiger partial charge in [0.1, 0.15) is 17.3 Å². The number of rotatable bonds is 1. The lowest BCUT2D eigenvalue weighted by atomic mass is 10.1. The molecule has 3 rings (SSSR count). The molecule has 1 unspecified atom stereocenters. The van der Waals surface area contributed by atoms with Gasteiger partial charge in [-0.2, -0.15) is 0 Å². The van der Waals surface area contributed by atoms with Crippen LogP contribution in [0.15, 0.2) is 58.4 Å². The Hall–Kier alpha value is -1.95.